The van der Waals surface area contributed by atoms with E-state index in [0.29, 0.717) is 6.42 Å². The predicted octanol–water partition coefficient (Wildman–Crippen LogP) is 5.61. The molecule has 1 N–H and O–H groups in total. The third-order valence-electron chi connectivity index (χ3n) is 6.66. The van der Waals surface area contributed by atoms with Crippen molar-refractivity contribution in [2.24, 2.45) is 5.92 Å². The van der Waals surface area contributed by atoms with E-state index in [1.807, 2.05) is 53.4 Å². The first-order chi connectivity index (χ1) is 15.7. The van der Waals surface area contributed by atoms with Crippen molar-refractivity contribution in [3.63, 3.8) is 0 Å². The summed E-state index contributed by atoms with van der Waals surface area (Å²) in [6, 6.07) is 24.3. The lowest BCUT2D eigenvalue weighted by atomic mass is 10.0. The second-order valence-corrected chi connectivity index (χ2v) is 8.85. The summed E-state index contributed by atoms with van der Waals surface area (Å²) in [4.78, 5) is 27.6. The van der Waals surface area contributed by atoms with Gasteiger partial charge in [-0.1, -0.05) is 73.5 Å². The van der Waals surface area contributed by atoms with Gasteiger partial charge in [-0.3, -0.25) is 9.59 Å². The summed E-state index contributed by atoms with van der Waals surface area (Å²) in [7, 11) is 0. The molecule has 1 aliphatic heterocycles. The molecule has 5 rings (SSSR count). The molecule has 3 aromatic carbocycles. The normalized spacial score (nSPS) is 15.6. The SMILES string of the molecule is O=C(Cc1ccc(-c2ccccc2)cc1)Nc1ccc2c(c1)N(C(=O)C1CCCC1)CC2. The predicted molar refractivity (Wildman–Crippen MR) is 129 cm³/mol. The van der Waals surface area contributed by atoms with Crippen LogP contribution in [0.1, 0.15) is 36.8 Å². The van der Waals surface area contributed by atoms with Crippen molar-refractivity contribution in [2.75, 3.05) is 16.8 Å². The Balaban J connectivity index is 1.24. The largest absolute Gasteiger partial charge is 0.326 e. The molecular weight excluding hydrogens is 396 g/mol. The summed E-state index contributed by atoms with van der Waals surface area (Å²) >= 11 is 0. The molecule has 4 heteroatoms. The number of carbonyl (C=O) groups is 2. The molecule has 1 aliphatic carbocycles. The van der Waals surface area contributed by atoms with Crippen LogP contribution in [0.5, 0.6) is 0 Å². The zero-order chi connectivity index (χ0) is 21.9. The Morgan fingerprint density at radius 3 is 2.34 bits per heavy atom. The summed E-state index contributed by atoms with van der Waals surface area (Å²) in [5.74, 6) is 0.366. The number of fused-ring (bicyclic) bond motifs is 1. The van der Waals surface area contributed by atoms with E-state index in [0.717, 1.165) is 61.2 Å². The smallest absolute Gasteiger partial charge is 0.230 e. The van der Waals surface area contributed by atoms with E-state index in [1.54, 1.807) is 0 Å². The highest BCUT2D eigenvalue weighted by molar-refractivity contribution is 5.99. The standard InChI is InChI=1S/C28H28N2O2/c31-27(18-20-10-12-22(13-11-20)21-6-2-1-3-7-21)29-25-15-14-23-16-17-30(26(23)19-25)28(32)24-8-4-5-9-24/h1-3,6-7,10-15,19,24H,4-5,8-9,16-18H2,(H,29,31). The Morgan fingerprint density at radius 2 is 1.59 bits per heavy atom. The molecule has 2 aliphatic rings. The molecule has 1 saturated carbocycles. The molecule has 32 heavy (non-hydrogen) atoms. The highest BCUT2D eigenvalue weighted by Gasteiger charge is 2.31. The van der Waals surface area contributed by atoms with E-state index in [4.69, 9.17) is 0 Å². The van der Waals surface area contributed by atoms with E-state index < -0.39 is 0 Å². The summed E-state index contributed by atoms with van der Waals surface area (Å²) in [6.45, 7) is 0.746. The number of carbonyl (C=O) groups excluding carboxylic acids is 2. The number of rotatable bonds is 5. The minimum atomic E-state index is -0.0518. The Kier molecular flexibility index (Phi) is 5.76. The van der Waals surface area contributed by atoms with Crippen LogP contribution in [0.25, 0.3) is 11.1 Å². The van der Waals surface area contributed by atoms with Crippen LogP contribution in [0.2, 0.25) is 0 Å². The van der Waals surface area contributed by atoms with Gasteiger partial charge in [0.1, 0.15) is 0 Å². The van der Waals surface area contributed by atoms with Gasteiger partial charge in [0.2, 0.25) is 11.8 Å². The van der Waals surface area contributed by atoms with E-state index in [2.05, 4.69) is 29.6 Å². The van der Waals surface area contributed by atoms with Gasteiger partial charge in [-0.15, -0.1) is 0 Å². The monoisotopic (exact) mass is 424 g/mol. The van der Waals surface area contributed by atoms with E-state index in [9.17, 15) is 9.59 Å². The van der Waals surface area contributed by atoms with Crippen LogP contribution in [0.3, 0.4) is 0 Å². The van der Waals surface area contributed by atoms with Crippen molar-refractivity contribution in [1.82, 2.24) is 0 Å². The number of nitrogens with zero attached hydrogens (tertiary/aromatic N) is 1. The number of anilines is 2. The molecule has 4 nitrogen and oxygen atoms in total. The first-order valence-corrected chi connectivity index (χ1v) is 11.6. The molecule has 0 saturated heterocycles. The third kappa shape index (κ3) is 4.31. The van der Waals surface area contributed by atoms with Gasteiger partial charge < -0.3 is 10.2 Å². The molecule has 0 aromatic heterocycles. The van der Waals surface area contributed by atoms with Gasteiger partial charge in [0.25, 0.3) is 0 Å². The van der Waals surface area contributed by atoms with Crippen LogP contribution in [-0.2, 0) is 22.4 Å². The molecule has 0 spiro atoms. The maximum absolute atomic E-state index is 13.0. The maximum Gasteiger partial charge on any atom is 0.230 e. The number of nitrogens with one attached hydrogen (secondary N) is 1. The van der Waals surface area contributed by atoms with Gasteiger partial charge in [-0.25, -0.2) is 0 Å². The molecular formula is C28H28N2O2. The zero-order valence-corrected chi connectivity index (χ0v) is 18.2. The molecule has 1 fully saturated rings. The van der Waals surface area contributed by atoms with Gasteiger partial charge in [0.15, 0.2) is 0 Å². The molecule has 162 valence electrons. The van der Waals surface area contributed by atoms with Gasteiger partial charge in [0, 0.05) is 23.8 Å². The summed E-state index contributed by atoms with van der Waals surface area (Å²) in [6.07, 6.45) is 5.51. The Morgan fingerprint density at radius 1 is 0.875 bits per heavy atom. The molecule has 0 radical (unpaired) electrons. The average Bonchev–Trinajstić information content (AvgIpc) is 3.50. The van der Waals surface area contributed by atoms with Crippen LogP contribution in [0, 0.1) is 5.92 Å². The van der Waals surface area contributed by atoms with Crippen molar-refractivity contribution in [2.45, 2.75) is 38.5 Å². The number of benzene rings is 3. The number of hydrogen-bond acceptors (Lipinski definition) is 2. The van der Waals surface area contributed by atoms with Crippen LogP contribution >= 0.6 is 0 Å². The van der Waals surface area contributed by atoms with Crippen molar-refractivity contribution in [3.05, 3.63) is 83.9 Å². The van der Waals surface area contributed by atoms with Crippen molar-refractivity contribution >= 4 is 23.2 Å². The fourth-order valence-electron chi connectivity index (χ4n) is 4.92. The highest BCUT2D eigenvalue weighted by atomic mass is 16.2. The van der Waals surface area contributed by atoms with Gasteiger partial charge >= 0.3 is 0 Å². The Labute approximate surface area is 189 Å². The minimum Gasteiger partial charge on any atom is -0.326 e. The van der Waals surface area contributed by atoms with Crippen LogP contribution in [0.4, 0.5) is 11.4 Å². The fourth-order valence-corrected chi connectivity index (χ4v) is 4.92. The quantitative estimate of drug-likeness (QED) is 0.578. The number of hydrogen-bond donors (Lipinski definition) is 1. The van der Waals surface area contributed by atoms with Crippen LogP contribution in [-0.4, -0.2) is 18.4 Å². The maximum atomic E-state index is 13.0. The van der Waals surface area contributed by atoms with E-state index in [1.165, 1.54) is 11.1 Å². The first-order valence-electron chi connectivity index (χ1n) is 11.6. The summed E-state index contributed by atoms with van der Waals surface area (Å²) in [5, 5.41) is 3.02. The molecule has 3 aromatic rings. The molecule has 0 unspecified atom stereocenters. The summed E-state index contributed by atoms with van der Waals surface area (Å²) in [5.41, 5.74) is 6.18. The third-order valence-corrected chi connectivity index (χ3v) is 6.66. The molecule has 1 heterocycles. The average molecular weight is 425 g/mol. The minimum absolute atomic E-state index is 0.0518. The lowest BCUT2D eigenvalue weighted by Gasteiger charge is -2.21. The second kappa shape index (κ2) is 8.99. The lowest BCUT2D eigenvalue weighted by Crippen LogP contribution is -2.33. The Bertz CT molecular complexity index is 1120. The topological polar surface area (TPSA) is 49.4 Å². The van der Waals surface area contributed by atoms with E-state index >= 15 is 0 Å². The second-order valence-electron chi connectivity index (χ2n) is 8.85. The Hall–Kier alpha value is -3.40. The van der Waals surface area contributed by atoms with E-state index in [-0.39, 0.29) is 17.7 Å². The van der Waals surface area contributed by atoms with Crippen LogP contribution in [0.15, 0.2) is 72.8 Å². The lowest BCUT2D eigenvalue weighted by molar-refractivity contribution is -0.122. The van der Waals surface area contributed by atoms with Crippen molar-refractivity contribution < 1.29 is 9.59 Å². The fraction of sp³-hybridized carbons (Fsp3) is 0.286. The van der Waals surface area contributed by atoms with Crippen molar-refractivity contribution in [1.29, 1.82) is 0 Å². The van der Waals surface area contributed by atoms with Crippen LogP contribution < -0.4 is 10.2 Å². The molecule has 2 amide bonds. The summed E-state index contributed by atoms with van der Waals surface area (Å²) < 4.78 is 0. The highest BCUT2D eigenvalue weighted by Crippen LogP contribution is 2.35. The van der Waals surface area contributed by atoms with Gasteiger partial charge in [-0.05, 0) is 53.6 Å². The molecule has 0 bridgehead atoms. The number of amides is 2. The van der Waals surface area contributed by atoms with Gasteiger partial charge in [0.05, 0.1) is 6.42 Å². The van der Waals surface area contributed by atoms with Crippen molar-refractivity contribution in [3.8, 4) is 11.1 Å². The first kappa shape index (κ1) is 20.5. The molecule has 0 atom stereocenters. The van der Waals surface area contributed by atoms with Gasteiger partial charge in [-0.2, -0.15) is 0 Å². The zero-order valence-electron chi connectivity index (χ0n) is 18.2.